The van der Waals surface area contributed by atoms with Gasteiger partial charge in [-0.15, -0.1) is 0 Å². The summed E-state index contributed by atoms with van der Waals surface area (Å²) in [5.74, 6) is 0.219. The van der Waals surface area contributed by atoms with Gasteiger partial charge in [0.2, 0.25) is 0 Å². The zero-order valence-electron chi connectivity index (χ0n) is 24.3. The fourth-order valence-corrected chi connectivity index (χ4v) is 5.92. The lowest BCUT2D eigenvalue weighted by Gasteiger charge is -2.29. The first-order valence-corrected chi connectivity index (χ1v) is 15.7. The highest BCUT2D eigenvalue weighted by molar-refractivity contribution is 7.98. The van der Waals surface area contributed by atoms with Crippen molar-refractivity contribution in [1.29, 1.82) is 0 Å². The third-order valence-corrected chi connectivity index (χ3v) is 8.33. The van der Waals surface area contributed by atoms with Crippen molar-refractivity contribution in [3.63, 3.8) is 0 Å². The van der Waals surface area contributed by atoms with Gasteiger partial charge in [0.1, 0.15) is 11.5 Å². The summed E-state index contributed by atoms with van der Waals surface area (Å²) in [7, 11) is 0. The molecule has 2 N–H and O–H groups in total. The van der Waals surface area contributed by atoms with E-state index in [2.05, 4.69) is 15.2 Å². The van der Waals surface area contributed by atoms with Crippen molar-refractivity contribution in [1.82, 2.24) is 4.98 Å². The van der Waals surface area contributed by atoms with Crippen molar-refractivity contribution in [3.8, 4) is 22.8 Å². The molecule has 1 fully saturated rings. The second kappa shape index (κ2) is 14.5. The van der Waals surface area contributed by atoms with Gasteiger partial charge >= 0.3 is 12.1 Å². The molecule has 11 heteroatoms. The Morgan fingerprint density at radius 3 is 2.49 bits per heavy atom. The van der Waals surface area contributed by atoms with Gasteiger partial charge in [0, 0.05) is 53.7 Å². The number of aliphatic carboxylic acids is 1. The van der Waals surface area contributed by atoms with E-state index in [1.54, 1.807) is 30.3 Å². The molecular formula is C34H32F3N3O4S. The Labute approximate surface area is 263 Å². The number of alkyl halides is 3. The van der Waals surface area contributed by atoms with Crippen LogP contribution >= 0.6 is 11.8 Å². The molecule has 0 atom stereocenters. The van der Waals surface area contributed by atoms with Crippen LogP contribution in [0.4, 0.5) is 24.5 Å². The van der Waals surface area contributed by atoms with Crippen LogP contribution in [0.3, 0.4) is 0 Å². The lowest BCUT2D eigenvalue weighted by atomic mass is 10.0. The SMILES string of the molecule is O=C(O)CCSCc1cccc(C(=O)Nc2ccc(N3CCCCC3)cc2-c2cc(Oc3cccc(C(F)(F)F)c3)ccn2)c1. The van der Waals surface area contributed by atoms with E-state index >= 15 is 0 Å². The van der Waals surface area contributed by atoms with Gasteiger partial charge in [-0.05, 0) is 79.4 Å². The summed E-state index contributed by atoms with van der Waals surface area (Å²) >= 11 is 1.48. The van der Waals surface area contributed by atoms with Crippen LogP contribution in [0.1, 0.15) is 47.2 Å². The standard InChI is InChI=1S/C34H32F3N3O4S/c35-34(36,37)25-8-5-9-27(19-25)44-28-12-14-38-31(21-28)29-20-26(40-15-2-1-3-16-40)10-11-30(29)39-33(43)24-7-4-6-23(18-24)22-45-17-13-32(41)42/h4-12,14,18-21H,1-3,13,15-17,22H2,(H,39,43)(H,41,42). The predicted molar refractivity (Wildman–Crippen MR) is 170 cm³/mol. The minimum atomic E-state index is -4.50. The van der Waals surface area contributed by atoms with Crippen molar-refractivity contribution in [2.75, 3.05) is 29.1 Å². The third kappa shape index (κ3) is 8.78. The van der Waals surface area contributed by atoms with Gasteiger partial charge in [0.05, 0.1) is 23.4 Å². The number of piperidine rings is 1. The smallest absolute Gasteiger partial charge is 0.416 e. The summed E-state index contributed by atoms with van der Waals surface area (Å²) in [6, 6.07) is 20.8. The van der Waals surface area contributed by atoms with E-state index in [0.717, 1.165) is 49.3 Å². The molecule has 0 aliphatic carbocycles. The van der Waals surface area contributed by atoms with Crippen LogP contribution in [0.15, 0.2) is 85.1 Å². The number of carbonyl (C=O) groups excluding carboxylic acids is 1. The molecule has 1 aliphatic rings. The van der Waals surface area contributed by atoms with Crippen molar-refractivity contribution < 1.29 is 32.6 Å². The van der Waals surface area contributed by atoms with Crippen molar-refractivity contribution in [2.24, 2.45) is 0 Å². The van der Waals surface area contributed by atoms with Crippen molar-refractivity contribution in [2.45, 2.75) is 37.6 Å². The number of amides is 1. The highest BCUT2D eigenvalue weighted by atomic mass is 32.2. The minimum absolute atomic E-state index is 0.0403. The Morgan fingerprint density at radius 2 is 1.71 bits per heavy atom. The number of halogens is 3. The van der Waals surface area contributed by atoms with Crippen LogP contribution in [0.2, 0.25) is 0 Å². The highest BCUT2D eigenvalue weighted by Gasteiger charge is 2.30. The molecule has 1 amide bonds. The van der Waals surface area contributed by atoms with E-state index in [1.165, 1.54) is 36.5 Å². The van der Waals surface area contributed by atoms with Crippen LogP contribution < -0.4 is 15.0 Å². The Kier molecular flexibility index (Phi) is 10.3. The van der Waals surface area contributed by atoms with E-state index in [4.69, 9.17) is 9.84 Å². The van der Waals surface area contributed by atoms with Crippen LogP contribution in [-0.4, -0.2) is 40.8 Å². The molecule has 1 aromatic heterocycles. The number of thioether (sulfide) groups is 1. The number of nitrogens with one attached hydrogen (secondary N) is 1. The minimum Gasteiger partial charge on any atom is -0.481 e. The summed E-state index contributed by atoms with van der Waals surface area (Å²) in [5, 5.41) is 11.9. The van der Waals surface area contributed by atoms with Gasteiger partial charge < -0.3 is 20.1 Å². The fourth-order valence-electron chi connectivity index (χ4n) is 5.04. The number of carboxylic acid groups (broad SMARTS) is 1. The Hall–Kier alpha value is -4.51. The first kappa shape index (κ1) is 31.9. The highest BCUT2D eigenvalue weighted by Crippen LogP contribution is 2.36. The van der Waals surface area contributed by atoms with Crippen LogP contribution in [0.25, 0.3) is 11.3 Å². The number of nitrogens with zero attached hydrogens (tertiary/aromatic N) is 2. The molecule has 0 radical (unpaired) electrons. The molecule has 4 aromatic rings. The molecule has 0 unspecified atom stereocenters. The number of ether oxygens (including phenoxy) is 1. The maximum absolute atomic E-state index is 13.4. The number of pyridine rings is 1. The molecule has 2 heterocycles. The fraction of sp³-hybridized carbons (Fsp3) is 0.265. The number of aromatic nitrogens is 1. The maximum atomic E-state index is 13.4. The number of carbonyl (C=O) groups is 2. The second-order valence-electron chi connectivity index (χ2n) is 10.6. The molecular weight excluding hydrogens is 603 g/mol. The molecule has 45 heavy (non-hydrogen) atoms. The topological polar surface area (TPSA) is 91.8 Å². The van der Waals surface area contributed by atoms with Crippen LogP contribution in [-0.2, 0) is 16.7 Å². The van der Waals surface area contributed by atoms with Gasteiger partial charge in [-0.1, -0.05) is 18.2 Å². The van der Waals surface area contributed by atoms with E-state index < -0.39 is 17.7 Å². The molecule has 5 rings (SSSR count). The Bertz CT molecular complexity index is 1660. The van der Waals surface area contributed by atoms with Crippen molar-refractivity contribution >= 4 is 35.0 Å². The maximum Gasteiger partial charge on any atom is 0.416 e. The van der Waals surface area contributed by atoms with Crippen LogP contribution in [0, 0.1) is 0 Å². The largest absolute Gasteiger partial charge is 0.481 e. The summed E-state index contributed by atoms with van der Waals surface area (Å²) in [6.07, 6.45) is 0.424. The number of anilines is 2. The molecule has 0 saturated carbocycles. The first-order chi connectivity index (χ1) is 21.7. The lowest BCUT2D eigenvalue weighted by Crippen LogP contribution is -2.29. The van der Waals surface area contributed by atoms with E-state index in [9.17, 15) is 22.8 Å². The molecule has 0 spiro atoms. The van der Waals surface area contributed by atoms with Gasteiger partial charge in [-0.3, -0.25) is 14.6 Å². The number of carboxylic acids is 1. The van der Waals surface area contributed by atoms with Gasteiger partial charge in [0.25, 0.3) is 5.91 Å². The number of hydrogen-bond donors (Lipinski definition) is 2. The summed E-state index contributed by atoms with van der Waals surface area (Å²) in [6.45, 7) is 1.82. The third-order valence-electron chi connectivity index (χ3n) is 7.30. The zero-order valence-corrected chi connectivity index (χ0v) is 25.2. The number of hydrogen-bond acceptors (Lipinski definition) is 6. The molecule has 3 aromatic carbocycles. The normalized spacial score (nSPS) is 13.4. The summed E-state index contributed by atoms with van der Waals surface area (Å²) in [5.41, 5.74) is 3.17. The average molecular weight is 636 g/mol. The van der Waals surface area contributed by atoms with Gasteiger partial charge in [0.15, 0.2) is 0 Å². The van der Waals surface area contributed by atoms with Crippen molar-refractivity contribution in [3.05, 3.63) is 102 Å². The average Bonchev–Trinajstić information content (AvgIpc) is 3.03. The molecule has 7 nitrogen and oxygen atoms in total. The zero-order chi connectivity index (χ0) is 31.8. The molecule has 234 valence electrons. The number of rotatable bonds is 11. The first-order valence-electron chi connectivity index (χ1n) is 14.6. The van der Waals surface area contributed by atoms with E-state index in [0.29, 0.717) is 39.8 Å². The molecule has 0 bridgehead atoms. The van der Waals surface area contributed by atoms with Crippen LogP contribution in [0.5, 0.6) is 11.5 Å². The molecule has 1 aliphatic heterocycles. The summed E-state index contributed by atoms with van der Waals surface area (Å²) < 4.78 is 45.6. The molecule has 1 saturated heterocycles. The monoisotopic (exact) mass is 635 g/mol. The van der Waals surface area contributed by atoms with E-state index in [-0.39, 0.29) is 18.1 Å². The van der Waals surface area contributed by atoms with Gasteiger partial charge in [-0.2, -0.15) is 24.9 Å². The summed E-state index contributed by atoms with van der Waals surface area (Å²) in [4.78, 5) is 31.0. The predicted octanol–water partition coefficient (Wildman–Crippen LogP) is 8.51. The van der Waals surface area contributed by atoms with Gasteiger partial charge in [-0.25, -0.2) is 0 Å². The second-order valence-corrected chi connectivity index (χ2v) is 11.7. The Morgan fingerprint density at radius 1 is 0.933 bits per heavy atom. The number of benzene rings is 3. The quantitative estimate of drug-likeness (QED) is 0.160. The Balaban J connectivity index is 1.41. The lowest BCUT2D eigenvalue weighted by molar-refractivity contribution is -0.138. The van der Waals surface area contributed by atoms with E-state index in [1.807, 2.05) is 24.3 Å².